The molecule has 1 amide bonds. The minimum absolute atomic E-state index is 0.0945. The van der Waals surface area contributed by atoms with Crippen LogP contribution in [0.4, 0.5) is 5.69 Å². The van der Waals surface area contributed by atoms with Crippen LogP contribution < -0.4 is 14.8 Å². The third-order valence-electron chi connectivity index (χ3n) is 3.46. The van der Waals surface area contributed by atoms with Crippen LogP contribution in [0.2, 0.25) is 0 Å². The quantitative estimate of drug-likeness (QED) is 0.686. The number of nitrogens with zero attached hydrogens (tertiary/aromatic N) is 1. The van der Waals surface area contributed by atoms with Crippen molar-refractivity contribution in [1.29, 1.82) is 0 Å². The first-order valence-corrected chi connectivity index (χ1v) is 7.21. The van der Waals surface area contributed by atoms with Gasteiger partial charge in [-0.25, -0.2) is 9.38 Å². The number of H-pyrrole nitrogens is 1. The third kappa shape index (κ3) is 3.55. The Morgan fingerprint density at radius 1 is 1.09 bits per heavy atom. The number of nitrogens with one attached hydrogen (secondary N) is 2. The number of carboxylic acids is 1. The van der Waals surface area contributed by atoms with Crippen molar-refractivity contribution < 1.29 is 19.1 Å². The topological polar surface area (TPSA) is 89.1 Å². The predicted molar refractivity (Wildman–Crippen MR) is 82.3 cm³/mol. The molecule has 2 N–H and O–H groups in total. The summed E-state index contributed by atoms with van der Waals surface area (Å²) in [6.07, 6.45) is 3.57. The number of imidazole rings is 1. The van der Waals surface area contributed by atoms with Gasteiger partial charge in [0.1, 0.15) is 6.20 Å². The Hall–Kier alpha value is -3.15. The lowest BCUT2D eigenvalue weighted by Gasteiger charge is -2.06. The summed E-state index contributed by atoms with van der Waals surface area (Å²) in [7, 11) is 0. The van der Waals surface area contributed by atoms with Crippen molar-refractivity contribution in [3.63, 3.8) is 0 Å². The van der Waals surface area contributed by atoms with E-state index in [9.17, 15) is 14.7 Å². The van der Waals surface area contributed by atoms with Crippen molar-refractivity contribution in [2.24, 2.45) is 0 Å². The highest BCUT2D eigenvalue weighted by Crippen LogP contribution is 2.19. The van der Waals surface area contributed by atoms with E-state index in [0.29, 0.717) is 5.69 Å². The summed E-state index contributed by atoms with van der Waals surface area (Å²) < 4.78 is 1.99. The molecule has 0 saturated heterocycles. The van der Waals surface area contributed by atoms with Crippen LogP contribution in [-0.4, -0.2) is 16.9 Å². The van der Waals surface area contributed by atoms with Crippen molar-refractivity contribution in [2.45, 2.75) is 12.8 Å². The van der Waals surface area contributed by atoms with Crippen LogP contribution in [0.25, 0.3) is 16.9 Å². The van der Waals surface area contributed by atoms with Crippen LogP contribution in [0.3, 0.4) is 0 Å². The summed E-state index contributed by atoms with van der Waals surface area (Å²) in [4.78, 5) is 25.2. The lowest BCUT2D eigenvalue weighted by molar-refractivity contribution is -0.509. The van der Waals surface area contributed by atoms with Crippen molar-refractivity contribution >= 4 is 23.2 Å². The fourth-order valence-electron chi connectivity index (χ4n) is 2.30. The molecule has 1 aromatic carbocycles. The Bertz CT molecular complexity index is 820. The summed E-state index contributed by atoms with van der Waals surface area (Å²) >= 11 is 0. The molecular formula is C17H15N3O3. The smallest absolute Gasteiger partial charge is 0.284 e. The number of aromatic amines is 1. The van der Waals surface area contributed by atoms with E-state index in [2.05, 4.69) is 10.3 Å². The van der Waals surface area contributed by atoms with E-state index in [0.717, 1.165) is 16.9 Å². The molecule has 3 rings (SSSR count). The fraction of sp³-hybridized carbons (Fsp3) is 0.118. The zero-order chi connectivity index (χ0) is 16.2. The molecule has 23 heavy (non-hydrogen) atoms. The fourth-order valence-corrected chi connectivity index (χ4v) is 2.30. The van der Waals surface area contributed by atoms with Gasteiger partial charge in [0.15, 0.2) is 5.69 Å². The second-order valence-corrected chi connectivity index (χ2v) is 5.16. The van der Waals surface area contributed by atoms with E-state index in [4.69, 9.17) is 0 Å². The summed E-state index contributed by atoms with van der Waals surface area (Å²) in [5.74, 6) is -1.57. The van der Waals surface area contributed by atoms with Gasteiger partial charge in [0.2, 0.25) is 5.91 Å². The number of pyridine rings is 1. The molecule has 0 radical (unpaired) electrons. The second kappa shape index (κ2) is 6.31. The average Bonchev–Trinajstić information content (AvgIpc) is 2.97. The van der Waals surface area contributed by atoms with Crippen LogP contribution in [0.5, 0.6) is 0 Å². The molecule has 0 unspecified atom stereocenters. The van der Waals surface area contributed by atoms with Crippen molar-refractivity contribution in [3.05, 3.63) is 54.9 Å². The number of amides is 1. The minimum atomic E-state index is -1.23. The van der Waals surface area contributed by atoms with E-state index in [1.807, 2.05) is 47.1 Å². The molecule has 0 fully saturated rings. The van der Waals surface area contributed by atoms with E-state index in [1.165, 1.54) is 0 Å². The predicted octanol–water partition coefficient (Wildman–Crippen LogP) is 0.889. The highest BCUT2D eigenvalue weighted by molar-refractivity contribution is 5.92. The van der Waals surface area contributed by atoms with E-state index < -0.39 is 5.97 Å². The van der Waals surface area contributed by atoms with Crippen molar-refractivity contribution in [3.8, 4) is 11.3 Å². The minimum Gasteiger partial charge on any atom is -0.550 e. The lowest BCUT2D eigenvalue weighted by atomic mass is 10.1. The number of hydrogen-bond acceptors (Lipinski definition) is 3. The number of anilines is 1. The van der Waals surface area contributed by atoms with E-state index in [1.54, 1.807) is 12.1 Å². The molecule has 116 valence electrons. The number of rotatable bonds is 5. The molecule has 2 aromatic heterocycles. The van der Waals surface area contributed by atoms with Crippen LogP contribution in [0, 0.1) is 0 Å². The van der Waals surface area contributed by atoms with Crippen molar-refractivity contribution in [2.75, 3.05) is 5.32 Å². The highest BCUT2D eigenvalue weighted by Gasteiger charge is 2.10. The maximum atomic E-state index is 11.6. The molecule has 6 heteroatoms. The zero-order valence-corrected chi connectivity index (χ0v) is 12.3. The number of carbonyl (C=O) groups excluding carboxylic acids is 2. The van der Waals surface area contributed by atoms with Crippen LogP contribution in [0.15, 0.2) is 54.9 Å². The molecule has 6 nitrogen and oxygen atoms in total. The van der Waals surface area contributed by atoms with Gasteiger partial charge in [-0.05, 0) is 36.8 Å². The van der Waals surface area contributed by atoms with Crippen LogP contribution in [-0.2, 0) is 9.59 Å². The Morgan fingerprint density at radius 3 is 2.57 bits per heavy atom. The van der Waals surface area contributed by atoms with Gasteiger partial charge in [-0.15, -0.1) is 0 Å². The summed E-state index contributed by atoms with van der Waals surface area (Å²) in [6.45, 7) is 0. The molecule has 0 aliphatic carbocycles. The number of carbonyl (C=O) groups is 2. The molecule has 0 saturated carbocycles. The van der Waals surface area contributed by atoms with Gasteiger partial charge in [0.25, 0.3) is 5.65 Å². The Labute approximate surface area is 132 Å². The lowest BCUT2D eigenvalue weighted by Crippen LogP contribution is -2.24. The van der Waals surface area contributed by atoms with Gasteiger partial charge >= 0.3 is 0 Å². The van der Waals surface area contributed by atoms with Gasteiger partial charge < -0.3 is 15.2 Å². The highest BCUT2D eigenvalue weighted by atomic mass is 16.4. The van der Waals surface area contributed by atoms with Gasteiger partial charge in [0.05, 0.1) is 6.20 Å². The van der Waals surface area contributed by atoms with Gasteiger partial charge in [-0.2, -0.15) is 0 Å². The van der Waals surface area contributed by atoms with Crippen molar-refractivity contribution in [1.82, 2.24) is 4.98 Å². The Balaban J connectivity index is 1.71. The SMILES string of the molecule is O=C([O-])CCC(=O)Nc1ccc(-c2c[n+]3ccccc3[nH]2)cc1. The van der Waals surface area contributed by atoms with E-state index >= 15 is 0 Å². The number of carboxylic acid groups (broad SMARTS) is 1. The first-order chi connectivity index (χ1) is 11.1. The maximum absolute atomic E-state index is 11.6. The van der Waals surface area contributed by atoms with Crippen LogP contribution >= 0.6 is 0 Å². The zero-order valence-electron chi connectivity index (χ0n) is 12.3. The maximum Gasteiger partial charge on any atom is 0.284 e. The number of fused-ring (bicyclic) bond motifs is 1. The molecule has 3 aromatic rings. The molecule has 0 aliphatic heterocycles. The molecule has 0 aliphatic rings. The van der Waals surface area contributed by atoms with Crippen LogP contribution in [0.1, 0.15) is 12.8 Å². The monoisotopic (exact) mass is 309 g/mol. The first-order valence-electron chi connectivity index (χ1n) is 7.21. The van der Waals surface area contributed by atoms with Gasteiger partial charge in [-0.3, -0.25) is 4.79 Å². The largest absolute Gasteiger partial charge is 0.550 e. The molecule has 0 spiro atoms. The molecular weight excluding hydrogens is 294 g/mol. The summed E-state index contributed by atoms with van der Waals surface area (Å²) in [5, 5.41) is 13.0. The molecule has 2 heterocycles. The Morgan fingerprint density at radius 2 is 1.87 bits per heavy atom. The molecule has 0 atom stereocenters. The second-order valence-electron chi connectivity index (χ2n) is 5.16. The normalized spacial score (nSPS) is 10.6. The standard InChI is InChI=1S/C17H15N3O3/c21-16(8-9-17(22)23)18-13-6-4-12(5-7-13)14-11-20-10-2-1-3-15(20)19-14/h1-7,10-11H,8-9H2,(H2,18,21,22,23). The number of aliphatic carboxylic acids is 1. The summed E-state index contributed by atoms with van der Waals surface area (Å²) in [6, 6.07) is 13.2. The number of benzene rings is 1. The van der Waals surface area contributed by atoms with E-state index in [-0.39, 0.29) is 18.7 Å². The third-order valence-corrected chi connectivity index (χ3v) is 3.46. The molecule has 0 bridgehead atoms. The first kappa shape index (κ1) is 14.8. The van der Waals surface area contributed by atoms with Gasteiger partial charge in [0, 0.05) is 29.7 Å². The van der Waals surface area contributed by atoms with Gasteiger partial charge in [-0.1, -0.05) is 6.07 Å². The summed E-state index contributed by atoms with van der Waals surface area (Å²) in [5.41, 5.74) is 3.57. The number of aromatic nitrogens is 2. The average molecular weight is 309 g/mol. The number of hydrogen-bond donors (Lipinski definition) is 2. The Kier molecular flexibility index (Phi) is 4.05.